The van der Waals surface area contributed by atoms with Crippen LogP contribution in [-0.2, 0) is 16.1 Å². The number of carbonyl (C=O) groups is 2. The molecule has 10 heteroatoms. The predicted octanol–water partition coefficient (Wildman–Crippen LogP) is 2.49. The van der Waals surface area contributed by atoms with Crippen LogP contribution >= 0.6 is 0 Å². The van der Waals surface area contributed by atoms with Crippen LogP contribution < -0.4 is 4.90 Å². The minimum absolute atomic E-state index is 0.149. The lowest BCUT2D eigenvalue weighted by molar-refractivity contribution is -0.124. The standard InChI is InChI=1S/C29H33N7O3/c1-21(37)36(22(2)38)29-26-28(30-19-31-29)35(20-32-26)18-25(39)17-33-13-15-34(16-14-33)27(23-9-5-3-6-10-23)24-11-7-4-8-12-24/h3-12,19-20,25,27,39H,13-18H2,1-2H3. The number of benzene rings is 2. The molecule has 0 bridgehead atoms. The Balaban J connectivity index is 1.24. The van der Waals surface area contributed by atoms with Crippen molar-refractivity contribution in [3.63, 3.8) is 0 Å². The second-order valence-corrected chi connectivity index (χ2v) is 9.85. The van der Waals surface area contributed by atoms with E-state index in [4.69, 9.17) is 0 Å². The van der Waals surface area contributed by atoms with Gasteiger partial charge in [-0.25, -0.2) is 19.9 Å². The van der Waals surface area contributed by atoms with Gasteiger partial charge >= 0.3 is 0 Å². The Kier molecular flexibility index (Phi) is 8.06. The largest absolute Gasteiger partial charge is 0.390 e. The molecular formula is C29H33N7O3. The number of fused-ring (bicyclic) bond motifs is 1. The first-order valence-electron chi connectivity index (χ1n) is 13.1. The van der Waals surface area contributed by atoms with Gasteiger partial charge in [0.15, 0.2) is 17.0 Å². The van der Waals surface area contributed by atoms with Crippen molar-refractivity contribution < 1.29 is 14.7 Å². The molecule has 202 valence electrons. The Morgan fingerprint density at radius 1 is 0.846 bits per heavy atom. The Morgan fingerprint density at radius 2 is 1.44 bits per heavy atom. The highest BCUT2D eigenvalue weighted by Gasteiger charge is 2.28. The summed E-state index contributed by atoms with van der Waals surface area (Å²) >= 11 is 0. The molecule has 4 aromatic rings. The molecule has 2 aromatic carbocycles. The van der Waals surface area contributed by atoms with Gasteiger partial charge in [0.2, 0.25) is 11.8 Å². The van der Waals surface area contributed by atoms with Gasteiger partial charge in [-0.1, -0.05) is 60.7 Å². The zero-order valence-corrected chi connectivity index (χ0v) is 22.2. The van der Waals surface area contributed by atoms with E-state index >= 15 is 0 Å². The number of β-amino-alcohol motifs (C(OH)–C–C–N with tert-alkyl or cyclic N) is 1. The number of anilines is 1. The second-order valence-electron chi connectivity index (χ2n) is 9.85. The molecule has 1 aliphatic rings. The Labute approximate surface area is 227 Å². The normalized spacial score (nSPS) is 15.5. The van der Waals surface area contributed by atoms with Crippen molar-refractivity contribution in [2.24, 2.45) is 0 Å². The number of piperazine rings is 1. The first kappa shape index (κ1) is 26.6. The molecule has 0 spiro atoms. The lowest BCUT2D eigenvalue weighted by atomic mass is 9.96. The van der Waals surface area contributed by atoms with E-state index in [2.05, 4.69) is 73.3 Å². The number of hydrogen-bond acceptors (Lipinski definition) is 8. The van der Waals surface area contributed by atoms with Crippen molar-refractivity contribution in [1.29, 1.82) is 0 Å². The molecule has 1 aliphatic heterocycles. The summed E-state index contributed by atoms with van der Waals surface area (Å²) in [5.74, 6) is -0.744. The number of aromatic nitrogens is 4. The quantitative estimate of drug-likeness (QED) is 0.373. The van der Waals surface area contributed by atoms with Crippen molar-refractivity contribution in [3.05, 3.63) is 84.4 Å². The minimum Gasteiger partial charge on any atom is -0.390 e. The van der Waals surface area contributed by atoms with Gasteiger partial charge in [0, 0.05) is 46.6 Å². The monoisotopic (exact) mass is 527 g/mol. The Hall–Kier alpha value is -3.99. The molecule has 39 heavy (non-hydrogen) atoms. The Bertz CT molecular complexity index is 1370. The Morgan fingerprint density at radius 3 is 2.00 bits per heavy atom. The van der Waals surface area contributed by atoms with Crippen molar-refractivity contribution in [3.8, 4) is 0 Å². The van der Waals surface area contributed by atoms with Crippen LogP contribution in [0, 0.1) is 0 Å². The highest BCUT2D eigenvalue weighted by Crippen LogP contribution is 2.29. The van der Waals surface area contributed by atoms with Crippen molar-refractivity contribution >= 4 is 28.8 Å². The van der Waals surface area contributed by atoms with Crippen LogP contribution in [-0.4, -0.2) is 85.1 Å². The zero-order valence-electron chi connectivity index (χ0n) is 22.2. The summed E-state index contributed by atoms with van der Waals surface area (Å²) in [6.07, 6.45) is 2.21. The number of imidazole rings is 1. The maximum absolute atomic E-state index is 12.0. The summed E-state index contributed by atoms with van der Waals surface area (Å²) in [5, 5.41) is 11.0. The van der Waals surface area contributed by atoms with E-state index in [1.54, 1.807) is 10.9 Å². The summed E-state index contributed by atoms with van der Waals surface area (Å²) in [5.41, 5.74) is 3.36. The highest BCUT2D eigenvalue weighted by atomic mass is 16.3. The van der Waals surface area contributed by atoms with E-state index in [9.17, 15) is 14.7 Å². The fraction of sp³-hybridized carbons (Fsp3) is 0.345. The lowest BCUT2D eigenvalue weighted by Gasteiger charge is -2.40. The van der Waals surface area contributed by atoms with E-state index in [-0.39, 0.29) is 18.4 Å². The van der Waals surface area contributed by atoms with Gasteiger partial charge < -0.3 is 9.67 Å². The number of rotatable bonds is 8. The fourth-order valence-corrected chi connectivity index (χ4v) is 5.36. The van der Waals surface area contributed by atoms with Crippen molar-refractivity contribution in [2.75, 3.05) is 37.6 Å². The number of amides is 2. The first-order chi connectivity index (χ1) is 18.9. The molecule has 1 saturated heterocycles. The molecule has 0 saturated carbocycles. The van der Waals surface area contributed by atoms with Crippen LogP contribution in [0.25, 0.3) is 11.2 Å². The maximum atomic E-state index is 12.0. The number of imide groups is 1. The maximum Gasteiger partial charge on any atom is 0.231 e. The van der Waals surface area contributed by atoms with E-state index in [0.29, 0.717) is 17.7 Å². The minimum atomic E-state index is -0.650. The van der Waals surface area contributed by atoms with Gasteiger partial charge in [0.1, 0.15) is 6.33 Å². The van der Waals surface area contributed by atoms with Gasteiger partial charge in [0.25, 0.3) is 0 Å². The van der Waals surface area contributed by atoms with Crippen LogP contribution in [0.4, 0.5) is 5.82 Å². The molecule has 10 nitrogen and oxygen atoms in total. The van der Waals surface area contributed by atoms with Crippen LogP contribution in [0.1, 0.15) is 31.0 Å². The SMILES string of the molecule is CC(=O)N(C(C)=O)c1ncnc2c1ncn2CC(O)CN1CCN(C(c2ccccc2)c2ccccc2)CC1. The third kappa shape index (κ3) is 5.88. The molecule has 0 radical (unpaired) electrons. The van der Waals surface area contributed by atoms with Gasteiger partial charge in [-0.2, -0.15) is 0 Å². The number of hydrogen-bond donors (Lipinski definition) is 1. The topological polar surface area (TPSA) is 108 Å². The smallest absolute Gasteiger partial charge is 0.231 e. The highest BCUT2D eigenvalue weighted by molar-refractivity contribution is 6.15. The third-order valence-electron chi connectivity index (χ3n) is 7.10. The van der Waals surface area contributed by atoms with Crippen LogP contribution in [0.5, 0.6) is 0 Å². The third-order valence-corrected chi connectivity index (χ3v) is 7.10. The van der Waals surface area contributed by atoms with Gasteiger partial charge in [-0.3, -0.25) is 19.4 Å². The molecule has 3 heterocycles. The molecule has 5 rings (SSSR count). The predicted molar refractivity (Wildman–Crippen MR) is 148 cm³/mol. The summed E-state index contributed by atoms with van der Waals surface area (Å²) in [6, 6.07) is 21.4. The molecule has 0 aliphatic carbocycles. The molecule has 1 atom stereocenters. The number of carbonyl (C=O) groups excluding carboxylic acids is 2. The molecule has 1 unspecified atom stereocenters. The van der Waals surface area contributed by atoms with Crippen LogP contribution in [0.15, 0.2) is 73.3 Å². The number of nitrogens with zero attached hydrogens (tertiary/aromatic N) is 7. The van der Waals surface area contributed by atoms with Gasteiger partial charge in [-0.15, -0.1) is 0 Å². The molecule has 2 amide bonds. The lowest BCUT2D eigenvalue weighted by Crippen LogP contribution is -2.50. The number of aliphatic hydroxyl groups is 1. The number of aliphatic hydroxyl groups excluding tert-OH is 1. The molecule has 1 N–H and O–H groups in total. The second kappa shape index (κ2) is 11.8. The van der Waals surface area contributed by atoms with E-state index in [1.165, 1.54) is 31.3 Å². The molecule has 2 aromatic heterocycles. The summed E-state index contributed by atoms with van der Waals surface area (Å²) < 4.78 is 1.74. The average Bonchev–Trinajstić information content (AvgIpc) is 3.34. The van der Waals surface area contributed by atoms with Gasteiger partial charge in [-0.05, 0) is 11.1 Å². The summed E-state index contributed by atoms with van der Waals surface area (Å²) in [4.78, 5) is 42.6. The molecular weight excluding hydrogens is 494 g/mol. The summed E-state index contributed by atoms with van der Waals surface area (Å²) in [6.45, 7) is 6.86. The zero-order chi connectivity index (χ0) is 27.4. The van der Waals surface area contributed by atoms with Crippen LogP contribution in [0.2, 0.25) is 0 Å². The van der Waals surface area contributed by atoms with Crippen molar-refractivity contribution in [1.82, 2.24) is 29.3 Å². The van der Waals surface area contributed by atoms with E-state index < -0.39 is 17.9 Å². The van der Waals surface area contributed by atoms with E-state index in [1.807, 2.05) is 12.1 Å². The molecule has 1 fully saturated rings. The van der Waals surface area contributed by atoms with E-state index in [0.717, 1.165) is 31.1 Å². The van der Waals surface area contributed by atoms with Gasteiger partial charge in [0.05, 0.1) is 25.0 Å². The fourth-order valence-electron chi connectivity index (χ4n) is 5.36. The van der Waals surface area contributed by atoms with Crippen molar-refractivity contribution in [2.45, 2.75) is 32.5 Å². The summed E-state index contributed by atoms with van der Waals surface area (Å²) in [7, 11) is 0. The first-order valence-corrected chi connectivity index (χ1v) is 13.1. The average molecular weight is 528 g/mol. The van der Waals surface area contributed by atoms with Crippen LogP contribution in [0.3, 0.4) is 0 Å².